The Morgan fingerprint density at radius 2 is 0.674 bits per heavy atom. The van der Waals surface area contributed by atoms with Gasteiger partial charge >= 0.3 is 0 Å². The van der Waals surface area contributed by atoms with Crippen LogP contribution in [0.4, 0.5) is 0 Å². The van der Waals surface area contributed by atoms with Gasteiger partial charge in [0.2, 0.25) is 0 Å². The van der Waals surface area contributed by atoms with Crippen LogP contribution >= 0.6 is 0 Å². The topological polar surface area (TPSA) is 3.24 Å². The molecule has 1 rings (SSSR count). The van der Waals surface area contributed by atoms with Crippen LogP contribution in [0.3, 0.4) is 0 Å². The zero-order valence-electron chi connectivity index (χ0n) is 30.2. The normalized spacial score (nSPS) is 11.9. The van der Waals surface area contributed by atoms with Crippen molar-refractivity contribution in [2.45, 2.75) is 201 Å². The number of unbranched alkanes of at least 4 members (excludes halogenated alkanes) is 22. The number of rotatable bonds is 33. The van der Waals surface area contributed by atoms with Gasteiger partial charge in [-0.1, -0.05) is 212 Å². The average Bonchev–Trinajstić information content (AvgIpc) is 2.99. The lowest BCUT2D eigenvalue weighted by molar-refractivity contribution is 0.263. The van der Waals surface area contributed by atoms with E-state index in [4.69, 9.17) is 0 Å². The lowest BCUT2D eigenvalue weighted by atomic mass is 10.0. The molecule has 0 saturated heterocycles. The SMILES string of the molecule is CC(C)CCCCCCCCCCCCCCN(CCCCCCCCCCCCCCC(C)C)CCc1ccccc1. The molecule has 1 aromatic rings. The molecule has 0 aliphatic rings. The number of hydrogen-bond donors (Lipinski definition) is 0. The molecule has 1 heteroatoms. The van der Waals surface area contributed by atoms with Crippen LogP contribution in [0.5, 0.6) is 0 Å². The zero-order valence-corrected chi connectivity index (χ0v) is 30.2. The van der Waals surface area contributed by atoms with Gasteiger partial charge in [-0.05, 0) is 49.8 Å². The molecule has 0 aliphatic heterocycles. The van der Waals surface area contributed by atoms with Gasteiger partial charge < -0.3 is 4.90 Å². The first-order valence-electron chi connectivity index (χ1n) is 19.8. The molecule has 43 heavy (non-hydrogen) atoms. The van der Waals surface area contributed by atoms with Gasteiger partial charge in [-0.2, -0.15) is 0 Å². The fourth-order valence-electron chi connectivity index (χ4n) is 6.58. The first-order valence-corrected chi connectivity index (χ1v) is 19.8. The quantitative estimate of drug-likeness (QED) is 0.0728. The van der Waals surface area contributed by atoms with E-state index < -0.39 is 0 Å². The fraction of sp³-hybridized carbons (Fsp3) is 0.857. The van der Waals surface area contributed by atoms with Gasteiger partial charge in [-0.3, -0.25) is 0 Å². The summed E-state index contributed by atoms with van der Waals surface area (Å²) in [4.78, 5) is 2.79. The van der Waals surface area contributed by atoms with Gasteiger partial charge in [0.05, 0.1) is 0 Å². The molecular weight excluding hydrogens is 518 g/mol. The van der Waals surface area contributed by atoms with Crippen molar-refractivity contribution < 1.29 is 0 Å². The van der Waals surface area contributed by atoms with E-state index >= 15 is 0 Å². The minimum Gasteiger partial charge on any atom is -0.303 e. The summed E-state index contributed by atoms with van der Waals surface area (Å²) in [6, 6.07) is 11.1. The molecule has 0 fully saturated rings. The van der Waals surface area contributed by atoms with Crippen molar-refractivity contribution in [3.8, 4) is 0 Å². The van der Waals surface area contributed by atoms with Gasteiger partial charge in [0, 0.05) is 6.54 Å². The van der Waals surface area contributed by atoms with Crippen LogP contribution in [0.2, 0.25) is 0 Å². The van der Waals surface area contributed by atoms with E-state index in [1.54, 1.807) is 0 Å². The second-order valence-electron chi connectivity index (χ2n) is 14.9. The van der Waals surface area contributed by atoms with Crippen LogP contribution in [0.25, 0.3) is 0 Å². The monoisotopic (exact) mass is 598 g/mol. The number of hydrogen-bond acceptors (Lipinski definition) is 1. The Morgan fingerprint density at radius 1 is 0.372 bits per heavy atom. The van der Waals surface area contributed by atoms with Gasteiger partial charge in [-0.25, -0.2) is 0 Å². The van der Waals surface area contributed by atoms with Crippen molar-refractivity contribution in [2.24, 2.45) is 11.8 Å². The summed E-state index contributed by atoms with van der Waals surface area (Å²) in [5, 5.41) is 0. The van der Waals surface area contributed by atoms with E-state index in [1.165, 1.54) is 199 Å². The highest BCUT2D eigenvalue weighted by atomic mass is 15.1. The van der Waals surface area contributed by atoms with E-state index in [0.717, 1.165) is 11.8 Å². The highest BCUT2D eigenvalue weighted by Crippen LogP contribution is 2.16. The molecule has 0 bridgehead atoms. The molecule has 0 spiro atoms. The van der Waals surface area contributed by atoms with Gasteiger partial charge in [0.15, 0.2) is 0 Å². The van der Waals surface area contributed by atoms with Crippen molar-refractivity contribution in [1.82, 2.24) is 4.90 Å². The molecule has 252 valence electrons. The Kier molecular flexibility index (Phi) is 29.1. The molecule has 0 amide bonds. The van der Waals surface area contributed by atoms with E-state index in [2.05, 4.69) is 62.9 Å². The Labute approximate surface area is 272 Å². The minimum absolute atomic E-state index is 0.885. The van der Waals surface area contributed by atoms with Crippen LogP contribution in [-0.4, -0.2) is 24.5 Å². The predicted molar refractivity (Wildman–Crippen MR) is 196 cm³/mol. The number of benzene rings is 1. The Hall–Kier alpha value is -0.820. The third kappa shape index (κ3) is 29.6. The maximum absolute atomic E-state index is 2.79. The van der Waals surface area contributed by atoms with Crippen LogP contribution in [0.15, 0.2) is 30.3 Å². The second kappa shape index (κ2) is 31.2. The van der Waals surface area contributed by atoms with Crippen LogP contribution in [0.1, 0.15) is 200 Å². The molecule has 0 heterocycles. The highest BCUT2D eigenvalue weighted by molar-refractivity contribution is 5.14. The Balaban J connectivity index is 2.03. The summed E-state index contributed by atoms with van der Waals surface area (Å²) < 4.78 is 0. The summed E-state index contributed by atoms with van der Waals surface area (Å²) >= 11 is 0. The Morgan fingerprint density at radius 3 is 1.00 bits per heavy atom. The first-order chi connectivity index (χ1) is 21.1. The number of nitrogens with zero attached hydrogens (tertiary/aromatic N) is 1. The third-order valence-electron chi connectivity index (χ3n) is 9.57. The summed E-state index contributed by atoms with van der Waals surface area (Å²) in [6.07, 6.45) is 38.9. The molecule has 0 unspecified atom stereocenters. The van der Waals surface area contributed by atoms with Crippen molar-refractivity contribution in [3.05, 3.63) is 35.9 Å². The van der Waals surface area contributed by atoms with Crippen molar-refractivity contribution >= 4 is 0 Å². The van der Waals surface area contributed by atoms with Crippen molar-refractivity contribution in [2.75, 3.05) is 19.6 Å². The Bertz CT molecular complexity index is 614. The molecule has 0 aromatic heterocycles. The van der Waals surface area contributed by atoms with Crippen LogP contribution in [-0.2, 0) is 6.42 Å². The molecule has 1 nitrogen and oxygen atoms in total. The summed E-state index contributed by atoms with van der Waals surface area (Å²) in [5.41, 5.74) is 1.50. The summed E-state index contributed by atoms with van der Waals surface area (Å²) in [5.74, 6) is 1.77. The molecule has 0 atom stereocenters. The van der Waals surface area contributed by atoms with Gasteiger partial charge in [-0.15, -0.1) is 0 Å². The summed E-state index contributed by atoms with van der Waals surface area (Å²) in [6.45, 7) is 13.3. The van der Waals surface area contributed by atoms with E-state index in [1.807, 2.05) is 0 Å². The molecule has 0 N–H and O–H groups in total. The highest BCUT2D eigenvalue weighted by Gasteiger charge is 2.06. The lowest BCUT2D eigenvalue weighted by Crippen LogP contribution is -2.28. The standard InChI is InChI=1S/C42H79N/c1-40(2)32-26-21-17-13-9-5-7-11-15-19-23-30-37-43(39-36-42-34-28-25-29-35-42)38-31-24-20-16-12-8-6-10-14-18-22-27-33-41(3)4/h25,28-29,34-35,40-41H,5-24,26-27,30-33,36-39H2,1-4H3. The molecule has 0 radical (unpaired) electrons. The van der Waals surface area contributed by atoms with Crippen molar-refractivity contribution in [3.63, 3.8) is 0 Å². The zero-order chi connectivity index (χ0) is 31.1. The molecule has 0 aliphatic carbocycles. The second-order valence-corrected chi connectivity index (χ2v) is 14.9. The average molecular weight is 598 g/mol. The van der Waals surface area contributed by atoms with E-state index in [9.17, 15) is 0 Å². The minimum atomic E-state index is 0.885. The van der Waals surface area contributed by atoms with Gasteiger partial charge in [0.1, 0.15) is 0 Å². The molecule has 1 aromatic carbocycles. The van der Waals surface area contributed by atoms with E-state index in [0.29, 0.717) is 0 Å². The lowest BCUT2D eigenvalue weighted by Gasteiger charge is -2.22. The van der Waals surface area contributed by atoms with Crippen LogP contribution < -0.4 is 0 Å². The maximum atomic E-state index is 2.79. The van der Waals surface area contributed by atoms with E-state index in [-0.39, 0.29) is 0 Å². The third-order valence-corrected chi connectivity index (χ3v) is 9.57. The van der Waals surface area contributed by atoms with Crippen molar-refractivity contribution in [1.29, 1.82) is 0 Å². The van der Waals surface area contributed by atoms with Crippen LogP contribution in [0, 0.1) is 11.8 Å². The maximum Gasteiger partial charge on any atom is 0.00218 e. The summed E-state index contributed by atoms with van der Waals surface area (Å²) in [7, 11) is 0. The predicted octanol–water partition coefficient (Wildman–Crippen LogP) is 14.0. The molecule has 0 saturated carbocycles. The smallest absolute Gasteiger partial charge is 0.00218 e. The first kappa shape index (κ1) is 40.2. The van der Waals surface area contributed by atoms with Gasteiger partial charge in [0.25, 0.3) is 0 Å². The fourth-order valence-corrected chi connectivity index (χ4v) is 6.58. The largest absolute Gasteiger partial charge is 0.303 e. The molecular formula is C42H79N.